The number of Topliss-reactive ketones (excluding diaryl/α,β-unsaturated/α-hetero) is 1. The summed E-state index contributed by atoms with van der Waals surface area (Å²) < 4.78 is 1.05. The van der Waals surface area contributed by atoms with Crippen LogP contribution in [0.4, 0.5) is 0 Å². The van der Waals surface area contributed by atoms with Gasteiger partial charge in [-0.25, -0.2) is 0 Å². The standard InChI is InChI=1S/C10H12N2O4/c1-5-3-7(14)9(6(2)13)10(16)12(5)4-8(11)15/h3,14H,4H2,1-2H3,(H2,11,15). The van der Waals surface area contributed by atoms with Gasteiger partial charge in [-0.3, -0.25) is 14.4 Å². The van der Waals surface area contributed by atoms with E-state index in [1.165, 1.54) is 19.9 Å². The number of nitrogens with zero attached hydrogens (tertiary/aromatic N) is 1. The summed E-state index contributed by atoms with van der Waals surface area (Å²) in [5, 5.41) is 9.45. The molecular formula is C10H12N2O4. The van der Waals surface area contributed by atoms with E-state index in [1.807, 2.05) is 0 Å². The molecule has 6 nitrogen and oxygen atoms in total. The maximum Gasteiger partial charge on any atom is 0.265 e. The van der Waals surface area contributed by atoms with E-state index >= 15 is 0 Å². The van der Waals surface area contributed by atoms with E-state index in [2.05, 4.69) is 0 Å². The average Bonchev–Trinajstić information content (AvgIpc) is 2.10. The molecule has 6 heteroatoms. The van der Waals surface area contributed by atoms with E-state index in [1.54, 1.807) is 0 Å². The molecule has 1 aromatic heterocycles. The molecule has 1 heterocycles. The van der Waals surface area contributed by atoms with E-state index in [0.717, 1.165) is 4.57 Å². The second kappa shape index (κ2) is 4.18. The molecule has 1 rings (SSSR count). The van der Waals surface area contributed by atoms with Gasteiger partial charge in [-0.2, -0.15) is 0 Å². The predicted octanol–water partition coefficient (Wildman–Crippen LogP) is -0.450. The number of pyridine rings is 1. The van der Waals surface area contributed by atoms with Crippen molar-refractivity contribution in [3.8, 4) is 5.75 Å². The maximum atomic E-state index is 11.8. The molecule has 0 radical (unpaired) electrons. The highest BCUT2D eigenvalue weighted by Gasteiger charge is 2.16. The zero-order chi connectivity index (χ0) is 12.5. The Morgan fingerprint density at radius 2 is 2.06 bits per heavy atom. The van der Waals surface area contributed by atoms with Crippen LogP contribution in [0.2, 0.25) is 0 Å². The number of primary amides is 1. The minimum Gasteiger partial charge on any atom is -0.507 e. The lowest BCUT2D eigenvalue weighted by atomic mass is 10.1. The van der Waals surface area contributed by atoms with E-state index in [0.29, 0.717) is 5.69 Å². The third-order valence-electron chi connectivity index (χ3n) is 2.15. The summed E-state index contributed by atoms with van der Waals surface area (Å²) in [5.74, 6) is -1.62. The SMILES string of the molecule is CC(=O)c1c(O)cc(C)n(CC(N)=O)c1=O. The number of aromatic nitrogens is 1. The van der Waals surface area contributed by atoms with Crippen LogP contribution in [0, 0.1) is 6.92 Å². The van der Waals surface area contributed by atoms with Crippen molar-refractivity contribution in [3.63, 3.8) is 0 Å². The molecule has 0 bridgehead atoms. The molecule has 0 aliphatic heterocycles. The van der Waals surface area contributed by atoms with Crippen molar-refractivity contribution in [2.75, 3.05) is 0 Å². The average molecular weight is 224 g/mol. The normalized spacial score (nSPS) is 10.1. The lowest BCUT2D eigenvalue weighted by Gasteiger charge is -2.10. The summed E-state index contributed by atoms with van der Waals surface area (Å²) in [5.41, 5.74) is 4.32. The molecule has 1 amide bonds. The predicted molar refractivity (Wildman–Crippen MR) is 56.3 cm³/mol. The molecule has 0 atom stereocenters. The fourth-order valence-corrected chi connectivity index (χ4v) is 1.44. The third-order valence-corrected chi connectivity index (χ3v) is 2.15. The minimum atomic E-state index is -0.705. The van der Waals surface area contributed by atoms with E-state index in [9.17, 15) is 19.5 Å². The van der Waals surface area contributed by atoms with Crippen LogP contribution in [0.25, 0.3) is 0 Å². The molecule has 16 heavy (non-hydrogen) atoms. The van der Waals surface area contributed by atoms with Gasteiger partial charge < -0.3 is 15.4 Å². The molecule has 3 N–H and O–H groups in total. The summed E-state index contributed by atoms with van der Waals surface area (Å²) in [7, 11) is 0. The van der Waals surface area contributed by atoms with Crippen molar-refractivity contribution in [2.24, 2.45) is 5.73 Å². The number of hydrogen-bond donors (Lipinski definition) is 2. The van der Waals surface area contributed by atoms with Crippen molar-refractivity contribution < 1.29 is 14.7 Å². The number of amides is 1. The van der Waals surface area contributed by atoms with Crippen LogP contribution in [-0.2, 0) is 11.3 Å². The zero-order valence-corrected chi connectivity index (χ0v) is 8.98. The zero-order valence-electron chi connectivity index (χ0n) is 8.98. The monoisotopic (exact) mass is 224 g/mol. The van der Waals surface area contributed by atoms with Crippen molar-refractivity contribution >= 4 is 11.7 Å². The number of aromatic hydroxyl groups is 1. The van der Waals surface area contributed by atoms with Gasteiger partial charge in [-0.05, 0) is 13.8 Å². The van der Waals surface area contributed by atoms with Crippen molar-refractivity contribution in [1.82, 2.24) is 4.57 Å². The first-order chi connectivity index (χ1) is 7.34. The number of carbonyl (C=O) groups excluding carboxylic acids is 2. The highest BCUT2D eigenvalue weighted by Crippen LogP contribution is 2.14. The fourth-order valence-electron chi connectivity index (χ4n) is 1.44. The Balaban J connectivity index is 3.51. The van der Waals surface area contributed by atoms with Crippen LogP contribution < -0.4 is 11.3 Å². The van der Waals surface area contributed by atoms with Crippen LogP contribution in [0.15, 0.2) is 10.9 Å². The smallest absolute Gasteiger partial charge is 0.265 e. The van der Waals surface area contributed by atoms with Crippen molar-refractivity contribution in [2.45, 2.75) is 20.4 Å². The molecule has 0 saturated heterocycles. The van der Waals surface area contributed by atoms with Crippen LogP contribution in [0.3, 0.4) is 0 Å². The molecule has 0 aliphatic rings. The first-order valence-electron chi connectivity index (χ1n) is 4.57. The Kier molecular flexibility index (Phi) is 3.12. The van der Waals surface area contributed by atoms with Crippen LogP contribution in [-0.4, -0.2) is 21.4 Å². The third kappa shape index (κ3) is 2.10. The number of carbonyl (C=O) groups is 2. The molecule has 0 aliphatic carbocycles. The second-order valence-electron chi connectivity index (χ2n) is 3.46. The van der Waals surface area contributed by atoms with Crippen LogP contribution >= 0.6 is 0 Å². The molecule has 86 valence electrons. The first kappa shape index (κ1) is 12.0. The Hall–Kier alpha value is -2.11. The van der Waals surface area contributed by atoms with Gasteiger partial charge >= 0.3 is 0 Å². The Morgan fingerprint density at radius 3 is 2.50 bits per heavy atom. The van der Waals surface area contributed by atoms with Gasteiger partial charge in [-0.15, -0.1) is 0 Å². The largest absolute Gasteiger partial charge is 0.507 e. The molecule has 0 spiro atoms. The summed E-state index contributed by atoms with van der Waals surface area (Å²) in [6.07, 6.45) is 0. The Morgan fingerprint density at radius 1 is 1.50 bits per heavy atom. The Bertz CT molecular complexity index is 516. The van der Waals surface area contributed by atoms with E-state index in [-0.39, 0.29) is 17.9 Å². The van der Waals surface area contributed by atoms with E-state index in [4.69, 9.17) is 5.73 Å². The van der Waals surface area contributed by atoms with Gasteiger partial charge in [0.05, 0.1) is 0 Å². The molecule has 1 aromatic rings. The topological polar surface area (TPSA) is 102 Å². The summed E-state index contributed by atoms with van der Waals surface area (Å²) in [6, 6.07) is 1.25. The van der Waals surface area contributed by atoms with Gasteiger partial charge in [0.1, 0.15) is 17.9 Å². The number of nitrogens with two attached hydrogens (primary N) is 1. The first-order valence-corrected chi connectivity index (χ1v) is 4.57. The highest BCUT2D eigenvalue weighted by atomic mass is 16.3. The van der Waals surface area contributed by atoms with Crippen molar-refractivity contribution in [3.05, 3.63) is 27.7 Å². The van der Waals surface area contributed by atoms with Gasteiger partial charge in [-0.1, -0.05) is 0 Å². The number of rotatable bonds is 3. The summed E-state index contributed by atoms with van der Waals surface area (Å²) >= 11 is 0. The summed E-state index contributed by atoms with van der Waals surface area (Å²) in [4.78, 5) is 33.7. The van der Waals surface area contributed by atoms with Gasteiger partial charge in [0.25, 0.3) is 5.56 Å². The lowest BCUT2D eigenvalue weighted by Crippen LogP contribution is -2.32. The van der Waals surface area contributed by atoms with Gasteiger partial charge in [0.2, 0.25) is 5.91 Å². The molecular weight excluding hydrogens is 212 g/mol. The van der Waals surface area contributed by atoms with Crippen molar-refractivity contribution in [1.29, 1.82) is 0 Å². The molecule has 0 unspecified atom stereocenters. The number of ketones is 1. The van der Waals surface area contributed by atoms with Gasteiger partial charge in [0, 0.05) is 11.8 Å². The highest BCUT2D eigenvalue weighted by molar-refractivity contribution is 5.96. The maximum absolute atomic E-state index is 11.8. The number of hydrogen-bond acceptors (Lipinski definition) is 4. The molecule has 0 aromatic carbocycles. The number of aryl methyl sites for hydroxylation is 1. The fraction of sp³-hybridized carbons (Fsp3) is 0.300. The molecule has 0 fully saturated rings. The summed E-state index contributed by atoms with van der Waals surface area (Å²) in [6.45, 7) is 2.39. The van der Waals surface area contributed by atoms with Crippen LogP contribution in [0.1, 0.15) is 23.0 Å². The molecule has 0 saturated carbocycles. The van der Waals surface area contributed by atoms with E-state index < -0.39 is 17.2 Å². The second-order valence-corrected chi connectivity index (χ2v) is 3.46. The Labute approximate surface area is 91.3 Å². The van der Waals surface area contributed by atoms with Gasteiger partial charge in [0.15, 0.2) is 5.78 Å². The van der Waals surface area contributed by atoms with Crippen LogP contribution in [0.5, 0.6) is 5.75 Å². The quantitative estimate of drug-likeness (QED) is 0.679. The minimum absolute atomic E-state index is 0.314. The lowest BCUT2D eigenvalue weighted by molar-refractivity contribution is -0.118.